The predicted octanol–water partition coefficient (Wildman–Crippen LogP) is 4.05. The van der Waals surface area contributed by atoms with E-state index in [1.165, 1.54) is 11.9 Å². The van der Waals surface area contributed by atoms with E-state index in [9.17, 15) is 4.79 Å². The molecule has 1 atom stereocenters. The number of rotatable bonds is 4. The average molecular weight is 359 g/mol. The number of amides is 1. The van der Waals surface area contributed by atoms with Crippen LogP contribution in [0.25, 0.3) is 0 Å². The first-order valence-corrected chi connectivity index (χ1v) is 8.27. The highest BCUT2D eigenvalue weighted by Gasteiger charge is 2.32. The van der Waals surface area contributed by atoms with Crippen LogP contribution in [0.1, 0.15) is 30.5 Å². The van der Waals surface area contributed by atoms with E-state index in [0.717, 1.165) is 16.8 Å². The maximum absolute atomic E-state index is 12.1. The summed E-state index contributed by atoms with van der Waals surface area (Å²) in [5.41, 5.74) is 2.58. The van der Waals surface area contributed by atoms with Crippen molar-refractivity contribution in [2.75, 3.05) is 14.2 Å². The average Bonchev–Trinajstić information content (AvgIpc) is 3.07. The Labute approximate surface area is 151 Å². The monoisotopic (exact) mass is 358 g/mol. The second kappa shape index (κ2) is 7.15. The number of hydrazone groups is 1. The van der Waals surface area contributed by atoms with Gasteiger partial charge < -0.3 is 9.47 Å². The molecule has 1 heterocycles. The summed E-state index contributed by atoms with van der Waals surface area (Å²) in [7, 11) is 3.18. The van der Waals surface area contributed by atoms with Crippen LogP contribution in [0.15, 0.2) is 47.6 Å². The van der Waals surface area contributed by atoms with Gasteiger partial charge >= 0.3 is 0 Å². The molecule has 0 aromatic heterocycles. The molecule has 3 rings (SSSR count). The smallest absolute Gasteiger partial charge is 0.240 e. The number of benzene rings is 2. The molecule has 2 aromatic carbocycles. The van der Waals surface area contributed by atoms with Gasteiger partial charge in [0, 0.05) is 23.9 Å². The molecule has 0 radical (unpaired) electrons. The van der Waals surface area contributed by atoms with Crippen LogP contribution in [0.2, 0.25) is 5.02 Å². The van der Waals surface area contributed by atoms with E-state index in [2.05, 4.69) is 5.10 Å². The Morgan fingerprint density at radius 1 is 1.16 bits per heavy atom. The summed E-state index contributed by atoms with van der Waals surface area (Å²) in [6, 6.07) is 12.9. The Morgan fingerprint density at radius 3 is 2.52 bits per heavy atom. The molecule has 0 fully saturated rings. The quantitative estimate of drug-likeness (QED) is 0.828. The first kappa shape index (κ1) is 17.3. The van der Waals surface area contributed by atoms with Gasteiger partial charge in [-0.1, -0.05) is 29.8 Å². The van der Waals surface area contributed by atoms with E-state index in [1.54, 1.807) is 14.2 Å². The zero-order chi connectivity index (χ0) is 18.0. The summed E-state index contributed by atoms with van der Waals surface area (Å²) in [6.07, 6.45) is 0.582. The molecule has 0 bridgehead atoms. The number of halogens is 1. The third-order valence-corrected chi connectivity index (χ3v) is 4.56. The van der Waals surface area contributed by atoms with Gasteiger partial charge in [-0.2, -0.15) is 5.10 Å². The second-order valence-corrected chi connectivity index (χ2v) is 6.13. The lowest BCUT2D eigenvalue weighted by atomic mass is 9.98. The number of hydrogen-bond donors (Lipinski definition) is 0. The van der Waals surface area contributed by atoms with E-state index in [1.807, 2.05) is 42.5 Å². The minimum atomic E-state index is -0.214. The van der Waals surface area contributed by atoms with Crippen molar-refractivity contribution in [3.63, 3.8) is 0 Å². The van der Waals surface area contributed by atoms with Gasteiger partial charge in [0.2, 0.25) is 5.91 Å². The highest BCUT2D eigenvalue weighted by molar-refractivity contribution is 6.31. The molecule has 130 valence electrons. The van der Waals surface area contributed by atoms with Crippen molar-refractivity contribution in [1.82, 2.24) is 5.01 Å². The first-order chi connectivity index (χ1) is 12.0. The lowest BCUT2D eigenvalue weighted by molar-refractivity contribution is -0.130. The van der Waals surface area contributed by atoms with Crippen LogP contribution >= 0.6 is 11.6 Å². The summed E-state index contributed by atoms with van der Waals surface area (Å²) >= 11 is 6.33. The van der Waals surface area contributed by atoms with Crippen LogP contribution in [0.3, 0.4) is 0 Å². The fraction of sp³-hybridized carbons (Fsp3) is 0.263. The van der Waals surface area contributed by atoms with Crippen LogP contribution in [-0.2, 0) is 4.79 Å². The van der Waals surface area contributed by atoms with Crippen LogP contribution in [0, 0.1) is 0 Å². The lowest BCUT2D eigenvalue weighted by Crippen LogP contribution is -2.24. The lowest BCUT2D eigenvalue weighted by Gasteiger charge is -2.21. The van der Waals surface area contributed by atoms with Crippen molar-refractivity contribution in [3.05, 3.63) is 58.6 Å². The Bertz CT molecular complexity index is 835. The molecular weight excluding hydrogens is 340 g/mol. The van der Waals surface area contributed by atoms with Crippen molar-refractivity contribution < 1.29 is 14.3 Å². The standard InChI is InChI=1S/C19H19ClN2O3/c1-12(23)22-17(14-6-4-5-7-15(14)20)11-16(21-22)13-8-9-18(24-2)19(10-13)25-3/h4-10,17H,11H2,1-3H3/t17-/m0/s1. The first-order valence-electron chi connectivity index (χ1n) is 7.89. The molecule has 0 saturated heterocycles. The van der Waals surface area contributed by atoms with Gasteiger partial charge in [-0.25, -0.2) is 5.01 Å². The third-order valence-electron chi connectivity index (χ3n) is 4.21. The maximum Gasteiger partial charge on any atom is 0.240 e. The fourth-order valence-electron chi connectivity index (χ4n) is 2.98. The van der Waals surface area contributed by atoms with Gasteiger partial charge in [-0.3, -0.25) is 4.79 Å². The summed E-state index contributed by atoms with van der Waals surface area (Å²) in [6.45, 7) is 1.50. The number of methoxy groups -OCH3 is 2. The molecule has 1 aliphatic heterocycles. The van der Waals surface area contributed by atoms with Crippen molar-refractivity contribution in [1.29, 1.82) is 0 Å². The van der Waals surface area contributed by atoms with Gasteiger partial charge in [-0.15, -0.1) is 0 Å². The van der Waals surface area contributed by atoms with Crippen LogP contribution in [0.4, 0.5) is 0 Å². The zero-order valence-corrected chi connectivity index (χ0v) is 15.1. The molecule has 6 heteroatoms. The Kier molecular flexibility index (Phi) is 4.95. The topological polar surface area (TPSA) is 51.1 Å². The summed E-state index contributed by atoms with van der Waals surface area (Å²) in [5, 5.41) is 6.65. The molecule has 25 heavy (non-hydrogen) atoms. The van der Waals surface area contributed by atoms with Gasteiger partial charge in [0.15, 0.2) is 11.5 Å². The van der Waals surface area contributed by atoms with Crippen LogP contribution in [-0.4, -0.2) is 30.8 Å². The Hall–Kier alpha value is -2.53. The minimum absolute atomic E-state index is 0.125. The minimum Gasteiger partial charge on any atom is -0.493 e. The maximum atomic E-state index is 12.1. The number of carbonyl (C=O) groups is 1. The van der Waals surface area contributed by atoms with Crippen molar-refractivity contribution in [2.45, 2.75) is 19.4 Å². The van der Waals surface area contributed by atoms with Crippen molar-refractivity contribution in [2.24, 2.45) is 5.10 Å². The van der Waals surface area contributed by atoms with Gasteiger partial charge in [0.05, 0.1) is 26.0 Å². The Balaban J connectivity index is 1.98. The molecular formula is C19H19ClN2O3. The fourth-order valence-corrected chi connectivity index (χ4v) is 3.24. The normalized spacial score (nSPS) is 16.6. The molecule has 0 saturated carbocycles. The molecule has 0 N–H and O–H groups in total. The van der Waals surface area contributed by atoms with E-state index < -0.39 is 0 Å². The SMILES string of the molecule is COc1ccc(C2=NN(C(C)=O)[C@H](c3ccccc3Cl)C2)cc1OC. The molecule has 1 amide bonds. The van der Waals surface area contributed by atoms with Gasteiger partial charge in [0.1, 0.15) is 0 Å². The third kappa shape index (κ3) is 3.33. The zero-order valence-electron chi connectivity index (χ0n) is 14.3. The van der Waals surface area contributed by atoms with Gasteiger partial charge in [0.25, 0.3) is 0 Å². The highest BCUT2D eigenvalue weighted by atomic mass is 35.5. The molecule has 5 nitrogen and oxygen atoms in total. The largest absolute Gasteiger partial charge is 0.493 e. The van der Waals surface area contributed by atoms with Crippen LogP contribution in [0.5, 0.6) is 11.5 Å². The highest BCUT2D eigenvalue weighted by Crippen LogP contribution is 2.37. The van der Waals surface area contributed by atoms with Crippen LogP contribution < -0.4 is 9.47 Å². The number of nitrogens with zero attached hydrogens (tertiary/aromatic N) is 2. The second-order valence-electron chi connectivity index (χ2n) is 5.72. The van der Waals surface area contributed by atoms with E-state index >= 15 is 0 Å². The predicted molar refractivity (Wildman–Crippen MR) is 97.4 cm³/mol. The molecule has 2 aromatic rings. The van der Waals surface area contributed by atoms with Gasteiger partial charge in [-0.05, 0) is 29.8 Å². The molecule has 0 spiro atoms. The summed E-state index contributed by atoms with van der Waals surface area (Å²) in [4.78, 5) is 12.1. The van der Waals surface area contributed by atoms with E-state index in [0.29, 0.717) is 22.9 Å². The molecule has 0 unspecified atom stereocenters. The summed E-state index contributed by atoms with van der Waals surface area (Å²) in [5.74, 6) is 1.15. The number of hydrogen-bond acceptors (Lipinski definition) is 4. The summed E-state index contributed by atoms with van der Waals surface area (Å²) < 4.78 is 10.6. The number of ether oxygens (including phenoxy) is 2. The Morgan fingerprint density at radius 2 is 1.88 bits per heavy atom. The molecule has 0 aliphatic carbocycles. The van der Waals surface area contributed by atoms with E-state index in [-0.39, 0.29) is 11.9 Å². The van der Waals surface area contributed by atoms with E-state index in [4.69, 9.17) is 21.1 Å². The molecule has 1 aliphatic rings. The number of carbonyl (C=O) groups excluding carboxylic acids is 1. The van der Waals surface area contributed by atoms with Crippen molar-refractivity contribution in [3.8, 4) is 11.5 Å². The van der Waals surface area contributed by atoms with Crippen molar-refractivity contribution >= 4 is 23.2 Å².